The van der Waals surface area contributed by atoms with Crippen molar-refractivity contribution in [3.63, 3.8) is 0 Å². The van der Waals surface area contributed by atoms with E-state index in [0.717, 1.165) is 0 Å². The minimum absolute atomic E-state index is 0.0573. The van der Waals surface area contributed by atoms with E-state index in [9.17, 15) is 10.4 Å². The summed E-state index contributed by atoms with van der Waals surface area (Å²) in [6.07, 6.45) is -41.2. The van der Waals surface area contributed by atoms with E-state index in [4.69, 9.17) is 161 Å². The Morgan fingerprint density at radius 2 is 0.384 bits per heavy atom. The van der Waals surface area contributed by atoms with E-state index in [2.05, 4.69) is 0 Å². The first-order chi connectivity index (χ1) is 48.1. The standard InChI is InChI=1S/C63H109NO35/c1-66-22-29-36-42(72-7)51(80-15)58(87-29)95-38-31(24-68-3)89-60(53(82-17)44(38)74-9)97-40-33(26-70-5)91-62(55(84-19)46(40)76-11)99-49-35(28(65)21-64)92-63(56(85-20)48(49)78-13)98-41-34(27-71-6)90-61(54(83-18)47(41)77-12)96-39-32(25-69-4)88-59(52(81-16)45(39)75-10)94-37-30(23-67-2)86-57(93-36)50(79-14)43(37)73-8/h28-63,65H,22-27H2,1-20H3/t28-,29+,30+,31+,32+,33+,34+,35+,36+,37+,38+,39+,40+,41+,42-,43-,44-,45-,46-,47-,48-,49+,50+,51+,52+,53+,54+,55+,56+,57+,58+,59+,60+,61+,62+,63+/m0/s1. The van der Waals surface area contributed by atoms with Crippen LogP contribution >= 0.6 is 0 Å². The first-order valence-corrected chi connectivity index (χ1v) is 32.7. The monoisotopic (exact) mass is 1440 g/mol. The van der Waals surface area contributed by atoms with Crippen molar-refractivity contribution < 1.29 is 166 Å². The minimum atomic E-state index is -1.89. The summed E-state index contributed by atoms with van der Waals surface area (Å²) in [4.78, 5) is 0. The summed E-state index contributed by atoms with van der Waals surface area (Å²) in [5.74, 6) is 0. The Labute approximate surface area is 578 Å². The van der Waals surface area contributed by atoms with E-state index in [0.29, 0.717) is 0 Å². The van der Waals surface area contributed by atoms with Gasteiger partial charge in [-0.2, -0.15) is 5.26 Å². The van der Waals surface area contributed by atoms with Crippen LogP contribution in [-0.2, 0) is 161 Å². The van der Waals surface area contributed by atoms with E-state index < -0.39 is 221 Å². The zero-order chi connectivity index (χ0) is 71.8. The van der Waals surface area contributed by atoms with Gasteiger partial charge in [0, 0.05) is 142 Å². The molecule has 0 aromatic rings. The zero-order valence-corrected chi connectivity index (χ0v) is 60.3. The van der Waals surface area contributed by atoms with Crippen molar-refractivity contribution in [2.24, 2.45) is 0 Å². The van der Waals surface area contributed by atoms with E-state index in [1.807, 2.05) is 6.07 Å². The average Bonchev–Trinajstić information content (AvgIpc) is 0.801. The van der Waals surface area contributed by atoms with Gasteiger partial charge in [0.15, 0.2) is 50.1 Å². The van der Waals surface area contributed by atoms with E-state index in [-0.39, 0.29) is 39.6 Å². The van der Waals surface area contributed by atoms with Crippen LogP contribution in [0.25, 0.3) is 0 Å². The molecule has 0 spiro atoms. The van der Waals surface area contributed by atoms with Crippen LogP contribution in [0.2, 0.25) is 0 Å². The Morgan fingerprint density at radius 1 is 0.232 bits per heavy atom. The summed E-state index contributed by atoms with van der Waals surface area (Å²) in [7, 11) is 29.4. The molecule has 0 amide bonds. The van der Waals surface area contributed by atoms with Gasteiger partial charge in [-0.15, -0.1) is 0 Å². The lowest BCUT2D eigenvalue weighted by molar-refractivity contribution is -0.403. The summed E-state index contributed by atoms with van der Waals surface area (Å²) in [5.41, 5.74) is 0. The van der Waals surface area contributed by atoms with Gasteiger partial charge in [-0.1, -0.05) is 0 Å². The number of aliphatic hydroxyl groups is 1. The van der Waals surface area contributed by atoms with Crippen LogP contribution in [0.3, 0.4) is 0 Å². The van der Waals surface area contributed by atoms with Gasteiger partial charge < -0.3 is 166 Å². The molecule has 576 valence electrons. The van der Waals surface area contributed by atoms with Crippen molar-refractivity contribution in [3.8, 4) is 6.07 Å². The number of ether oxygens (including phenoxy) is 34. The van der Waals surface area contributed by atoms with Crippen molar-refractivity contribution in [1.29, 1.82) is 5.26 Å². The molecule has 0 aromatic carbocycles. The fourth-order valence-corrected chi connectivity index (χ4v) is 14.8. The van der Waals surface area contributed by atoms with Crippen LogP contribution in [0.1, 0.15) is 0 Å². The Morgan fingerprint density at radius 3 is 0.535 bits per heavy atom. The van der Waals surface area contributed by atoms with Crippen LogP contribution in [0.5, 0.6) is 0 Å². The fraction of sp³-hybridized carbons (Fsp3) is 0.984. The van der Waals surface area contributed by atoms with Gasteiger partial charge in [0.25, 0.3) is 0 Å². The van der Waals surface area contributed by atoms with Crippen LogP contribution in [0.15, 0.2) is 0 Å². The molecule has 21 heterocycles. The van der Waals surface area contributed by atoms with Crippen LogP contribution < -0.4 is 0 Å². The van der Waals surface area contributed by atoms with Crippen molar-refractivity contribution in [3.05, 3.63) is 0 Å². The van der Waals surface area contributed by atoms with Gasteiger partial charge in [0.2, 0.25) is 0 Å². The Hall–Kier alpha value is -1.91. The molecule has 21 fully saturated rings. The van der Waals surface area contributed by atoms with Gasteiger partial charge in [-0.3, -0.25) is 0 Å². The second-order valence-corrected chi connectivity index (χ2v) is 24.5. The lowest BCUT2D eigenvalue weighted by Gasteiger charge is -2.52. The van der Waals surface area contributed by atoms with Gasteiger partial charge >= 0.3 is 0 Å². The highest BCUT2D eigenvalue weighted by Gasteiger charge is 2.62. The number of nitriles is 1. The number of hydrogen-bond donors (Lipinski definition) is 1. The third-order valence-electron chi connectivity index (χ3n) is 19.4. The fourth-order valence-electron chi connectivity index (χ4n) is 14.8. The molecule has 36 atom stereocenters. The maximum absolute atomic E-state index is 11.7. The molecule has 0 aliphatic carbocycles. The third kappa shape index (κ3) is 17.9. The second-order valence-electron chi connectivity index (χ2n) is 24.5. The molecule has 14 bridgehead atoms. The highest BCUT2D eigenvalue weighted by atomic mass is 16.8. The number of nitrogens with zero attached hydrogens (tertiary/aromatic N) is 1. The summed E-state index contributed by atoms with van der Waals surface area (Å²) >= 11 is 0. The zero-order valence-electron chi connectivity index (χ0n) is 60.3. The van der Waals surface area contributed by atoms with Crippen molar-refractivity contribution >= 4 is 0 Å². The second kappa shape index (κ2) is 40.2. The number of hydrogen-bond acceptors (Lipinski definition) is 36. The third-order valence-corrected chi connectivity index (χ3v) is 19.4. The Balaban J connectivity index is 1.24. The lowest BCUT2D eigenvalue weighted by atomic mass is 9.93. The maximum Gasteiger partial charge on any atom is 0.187 e. The highest BCUT2D eigenvalue weighted by Crippen LogP contribution is 2.43. The topological polar surface area (TPSA) is 358 Å². The Kier molecular flexibility index (Phi) is 33.6. The Bertz CT molecular complexity index is 2310. The predicted molar refractivity (Wildman–Crippen MR) is 329 cm³/mol. The summed E-state index contributed by atoms with van der Waals surface area (Å²) in [5, 5.41) is 22.2. The van der Waals surface area contributed by atoms with Gasteiger partial charge in [-0.25, -0.2) is 0 Å². The quantitative estimate of drug-likeness (QED) is 0.0849. The van der Waals surface area contributed by atoms with E-state index in [1.165, 1.54) is 142 Å². The van der Waals surface area contributed by atoms with E-state index >= 15 is 0 Å². The molecule has 21 saturated heterocycles. The first kappa shape index (κ1) is 82.7. The molecule has 36 heteroatoms. The maximum atomic E-state index is 11.7. The minimum Gasteiger partial charge on any atom is -0.382 e. The molecule has 21 aliphatic rings. The van der Waals surface area contributed by atoms with Gasteiger partial charge in [0.05, 0.1) is 45.7 Å². The summed E-state index contributed by atoms with van der Waals surface area (Å²) in [6.45, 7) is -0.497. The molecule has 99 heavy (non-hydrogen) atoms. The molecule has 0 unspecified atom stereocenters. The first-order valence-electron chi connectivity index (χ1n) is 32.7. The molecule has 0 aromatic heterocycles. The molecular formula is C63H109NO35. The van der Waals surface area contributed by atoms with Crippen molar-refractivity contribution in [1.82, 2.24) is 0 Å². The molecule has 0 radical (unpaired) electrons. The summed E-state index contributed by atoms with van der Waals surface area (Å²) in [6, 6.07) is 1.89. The van der Waals surface area contributed by atoms with Gasteiger partial charge in [-0.05, 0) is 0 Å². The molecule has 0 saturated carbocycles. The lowest BCUT2D eigenvalue weighted by Crippen LogP contribution is -2.70. The van der Waals surface area contributed by atoms with Crippen LogP contribution in [0, 0.1) is 11.3 Å². The SMILES string of the molecule is COC[C@H]1O[C@@H]2O[C@H]3[C@H](OC)[C@@H](OC)[C@H](O[C@@H]3[C@@H](O)C#N)O[C@H]3[C@H](OC)[C@@H](OC)[C@@H](O[C@H]4[C@H](OC)[C@@H](OC)[C@@H](O[C@H]5[C@H](OC)[C@@H](OC)[C@@H](O[C@H]6[C@H](OC)[C@@H](OC)[C@@H](O[C@H]7[C@H](OC)[C@@H](OC)[C@@H](O[C@H]1[C@H](OC)[C@H]2OC)O[C@@H]7COC)O[C@@H]6COC)O[C@@H]5COC)O[C@@H]4COC)O[C@@H]3COC. The van der Waals surface area contributed by atoms with Gasteiger partial charge in [0.1, 0.15) is 171 Å². The molecule has 36 nitrogen and oxygen atoms in total. The molecular weight excluding hydrogens is 1330 g/mol. The summed E-state index contributed by atoms with van der Waals surface area (Å²) < 4.78 is 219. The smallest absolute Gasteiger partial charge is 0.187 e. The largest absolute Gasteiger partial charge is 0.382 e. The van der Waals surface area contributed by atoms with Crippen LogP contribution in [0.4, 0.5) is 0 Å². The van der Waals surface area contributed by atoms with Crippen molar-refractivity contribution in [2.75, 3.05) is 182 Å². The van der Waals surface area contributed by atoms with Crippen molar-refractivity contribution in [2.45, 2.75) is 221 Å². The molecule has 1 N–H and O–H groups in total. The van der Waals surface area contributed by atoms with Crippen LogP contribution in [-0.4, -0.2) is 408 Å². The predicted octanol–water partition coefficient (Wildman–Crippen LogP) is -2.26. The number of methoxy groups -OCH3 is 20. The average molecular weight is 1440 g/mol. The number of rotatable bonds is 27. The molecule has 21 aliphatic heterocycles. The molecule has 21 rings (SSSR count). The number of aliphatic hydroxyl groups excluding tert-OH is 1. The normalized spacial score (nSPS) is 46.0. The van der Waals surface area contributed by atoms with E-state index in [1.54, 1.807) is 0 Å². The highest BCUT2D eigenvalue weighted by molar-refractivity contribution is 5.06.